The Morgan fingerprint density at radius 3 is 2.32 bits per heavy atom. The van der Waals surface area contributed by atoms with E-state index in [0.717, 1.165) is 10.2 Å². The van der Waals surface area contributed by atoms with Crippen molar-refractivity contribution in [1.29, 1.82) is 0 Å². The second-order valence-electron chi connectivity index (χ2n) is 8.10. The van der Waals surface area contributed by atoms with Gasteiger partial charge in [-0.05, 0) is 29.5 Å². The van der Waals surface area contributed by atoms with Gasteiger partial charge < -0.3 is 10.6 Å². The summed E-state index contributed by atoms with van der Waals surface area (Å²) in [5.74, 6) is -0.309. The van der Waals surface area contributed by atoms with Gasteiger partial charge in [-0.1, -0.05) is 54.6 Å². The van der Waals surface area contributed by atoms with E-state index in [2.05, 4.69) is 15.7 Å². The molecular formula is C23H21F3N4O. The molecule has 1 aliphatic heterocycles. The molecule has 2 heterocycles. The zero-order chi connectivity index (χ0) is 21.6. The van der Waals surface area contributed by atoms with E-state index in [0.29, 0.717) is 12.8 Å². The summed E-state index contributed by atoms with van der Waals surface area (Å²) < 4.78 is 42.3. The third kappa shape index (κ3) is 3.66. The number of amides is 1. The molecule has 0 saturated heterocycles. The summed E-state index contributed by atoms with van der Waals surface area (Å²) in [5, 5.41) is 10.0. The number of carbonyl (C=O) groups is 1. The highest BCUT2D eigenvalue weighted by molar-refractivity contribution is 5.99. The van der Waals surface area contributed by atoms with Crippen molar-refractivity contribution in [3.63, 3.8) is 0 Å². The van der Waals surface area contributed by atoms with Crippen molar-refractivity contribution in [2.75, 3.05) is 5.32 Å². The van der Waals surface area contributed by atoms with Crippen molar-refractivity contribution in [3.05, 3.63) is 83.0 Å². The topological polar surface area (TPSA) is 59.0 Å². The van der Waals surface area contributed by atoms with Crippen molar-refractivity contribution >= 4 is 11.7 Å². The summed E-state index contributed by atoms with van der Waals surface area (Å²) in [7, 11) is 0. The van der Waals surface area contributed by atoms with E-state index in [-0.39, 0.29) is 23.8 Å². The fourth-order valence-corrected chi connectivity index (χ4v) is 4.56. The Morgan fingerprint density at radius 2 is 1.68 bits per heavy atom. The molecule has 160 valence electrons. The molecular weight excluding hydrogens is 405 g/mol. The van der Waals surface area contributed by atoms with Crippen LogP contribution >= 0.6 is 0 Å². The van der Waals surface area contributed by atoms with Gasteiger partial charge in [0.1, 0.15) is 11.4 Å². The minimum atomic E-state index is -4.48. The second-order valence-corrected chi connectivity index (χ2v) is 8.10. The standard InChI is InChI=1S/C23H21F3N4O/c24-23(25,26)20-12-19(14-6-2-1-3-7-14)29-21-18(13-27-30(20)21)22(31)28-17-10-15-8-4-5-9-16(15)11-17/h1-9,13,17,19-20,29H,10-12H2,(H,28,31). The second kappa shape index (κ2) is 7.44. The van der Waals surface area contributed by atoms with Crippen molar-refractivity contribution in [1.82, 2.24) is 15.1 Å². The molecule has 2 N–H and O–H groups in total. The molecule has 1 amide bonds. The van der Waals surface area contributed by atoms with Crippen LogP contribution in [0.4, 0.5) is 19.0 Å². The molecule has 31 heavy (non-hydrogen) atoms. The Morgan fingerprint density at radius 1 is 1.03 bits per heavy atom. The summed E-state index contributed by atoms with van der Waals surface area (Å²) >= 11 is 0. The van der Waals surface area contributed by atoms with Crippen LogP contribution in [0.1, 0.15) is 45.6 Å². The molecule has 2 atom stereocenters. The molecule has 8 heteroatoms. The highest BCUT2D eigenvalue weighted by atomic mass is 19.4. The van der Waals surface area contributed by atoms with E-state index in [9.17, 15) is 18.0 Å². The molecule has 3 aromatic rings. The maximum atomic E-state index is 13.8. The van der Waals surface area contributed by atoms with Crippen LogP contribution in [0.15, 0.2) is 60.8 Å². The number of alkyl halides is 3. The fraction of sp³-hybridized carbons (Fsp3) is 0.304. The van der Waals surface area contributed by atoms with Gasteiger partial charge in [-0.15, -0.1) is 0 Å². The van der Waals surface area contributed by atoms with Crippen molar-refractivity contribution in [3.8, 4) is 0 Å². The van der Waals surface area contributed by atoms with Crippen LogP contribution in [0.5, 0.6) is 0 Å². The summed E-state index contributed by atoms with van der Waals surface area (Å²) in [6, 6.07) is 14.5. The molecule has 1 aliphatic carbocycles. The number of halogens is 3. The van der Waals surface area contributed by atoms with E-state index in [1.807, 2.05) is 30.3 Å². The molecule has 2 unspecified atom stereocenters. The highest BCUT2D eigenvalue weighted by Gasteiger charge is 2.47. The molecule has 0 radical (unpaired) electrons. The predicted molar refractivity (Wildman–Crippen MR) is 110 cm³/mol. The lowest BCUT2D eigenvalue weighted by Gasteiger charge is -2.34. The van der Waals surface area contributed by atoms with Gasteiger partial charge in [0, 0.05) is 12.5 Å². The van der Waals surface area contributed by atoms with Crippen LogP contribution in [0.3, 0.4) is 0 Å². The molecule has 0 saturated carbocycles. The van der Waals surface area contributed by atoms with Crippen LogP contribution in [0.25, 0.3) is 0 Å². The Hall–Kier alpha value is -3.29. The molecule has 0 spiro atoms. The molecule has 0 bridgehead atoms. The van der Waals surface area contributed by atoms with Gasteiger partial charge in [0.05, 0.1) is 12.2 Å². The van der Waals surface area contributed by atoms with E-state index >= 15 is 0 Å². The molecule has 5 nitrogen and oxygen atoms in total. The zero-order valence-electron chi connectivity index (χ0n) is 16.6. The lowest BCUT2D eigenvalue weighted by Crippen LogP contribution is -2.38. The summed E-state index contributed by atoms with van der Waals surface area (Å²) in [4.78, 5) is 13.0. The summed E-state index contributed by atoms with van der Waals surface area (Å²) in [6.07, 6.45) is -2.03. The maximum Gasteiger partial charge on any atom is 0.410 e. The smallest absolute Gasteiger partial charge is 0.363 e. The first-order valence-corrected chi connectivity index (χ1v) is 10.2. The van der Waals surface area contributed by atoms with Gasteiger partial charge in [0.15, 0.2) is 6.04 Å². The number of carbonyl (C=O) groups excluding carboxylic acids is 1. The first-order chi connectivity index (χ1) is 14.9. The number of benzene rings is 2. The normalized spacial score (nSPS) is 20.6. The van der Waals surface area contributed by atoms with Crippen LogP contribution in [-0.2, 0) is 12.8 Å². The molecule has 5 rings (SSSR count). The molecule has 0 fully saturated rings. The summed E-state index contributed by atoms with van der Waals surface area (Å²) in [6.45, 7) is 0. The average molecular weight is 426 g/mol. The Labute approximate surface area is 177 Å². The van der Waals surface area contributed by atoms with Gasteiger partial charge in [-0.3, -0.25) is 4.79 Å². The fourth-order valence-electron chi connectivity index (χ4n) is 4.56. The Kier molecular flexibility index (Phi) is 4.72. The van der Waals surface area contributed by atoms with E-state index in [4.69, 9.17) is 0 Å². The predicted octanol–water partition coefficient (Wildman–Crippen LogP) is 4.44. The molecule has 2 aromatic carbocycles. The van der Waals surface area contributed by atoms with Crippen LogP contribution in [-0.4, -0.2) is 27.9 Å². The van der Waals surface area contributed by atoms with Gasteiger partial charge in [-0.2, -0.15) is 18.3 Å². The quantitative estimate of drug-likeness (QED) is 0.651. The highest BCUT2D eigenvalue weighted by Crippen LogP contribution is 2.44. The number of nitrogens with zero attached hydrogens (tertiary/aromatic N) is 2. The first kappa shape index (κ1) is 19.7. The number of anilines is 1. The van der Waals surface area contributed by atoms with Crippen LogP contribution < -0.4 is 10.6 Å². The lowest BCUT2D eigenvalue weighted by atomic mass is 9.96. The minimum Gasteiger partial charge on any atom is -0.363 e. The first-order valence-electron chi connectivity index (χ1n) is 10.2. The number of aromatic nitrogens is 2. The van der Waals surface area contributed by atoms with E-state index < -0.39 is 24.2 Å². The summed E-state index contributed by atoms with van der Waals surface area (Å²) in [5.41, 5.74) is 3.24. The Balaban J connectivity index is 1.42. The third-order valence-corrected chi connectivity index (χ3v) is 6.07. The van der Waals surface area contributed by atoms with Gasteiger partial charge in [0.25, 0.3) is 5.91 Å². The number of hydrogen-bond acceptors (Lipinski definition) is 3. The van der Waals surface area contributed by atoms with Gasteiger partial charge >= 0.3 is 6.18 Å². The van der Waals surface area contributed by atoms with Gasteiger partial charge in [0.2, 0.25) is 0 Å². The van der Waals surface area contributed by atoms with Crippen molar-refractivity contribution in [2.24, 2.45) is 0 Å². The number of nitrogens with one attached hydrogen (secondary N) is 2. The van der Waals surface area contributed by atoms with E-state index in [1.54, 1.807) is 24.3 Å². The Bertz CT molecular complexity index is 1080. The van der Waals surface area contributed by atoms with Crippen molar-refractivity contribution < 1.29 is 18.0 Å². The SMILES string of the molecule is O=C(NC1Cc2ccccc2C1)c1cnn2c1NC(c1ccccc1)CC2C(F)(F)F. The maximum absolute atomic E-state index is 13.8. The van der Waals surface area contributed by atoms with Crippen LogP contribution in [0, 0.1) is 0 Å². The van der Waals surface area contributed by atoms with Gasteiger partial charge in [-0.25, -0.2) is 4.68 Å². The van der Waals surface area contributed by atoms with E-state index in [1.165, 1.54) is 17.3 Å². The largest absolute Gasteiger partial charge is 0.410 e. The van der Waals surface area contributed by atoms with Crippen LogP contribution in [0.2, 0.25) is 0 Å². The zero-order valence-corrected chi connectivity index (χ0v) is 16.6. The number of hydrogen-bond donors (Lipinski definition) is 2. The van der Waals surface area contributed by atoms with Crippen molar-refractivity contribution in [2.45, 2.75) is 43.6 Å². The molecule has 1 aromatic heterocycles. The average Bonchev–Trinajstić information content (AvgIpc) is 3.36. The third-order valence-electron chi connectivity index (χ3n) is 6.07. The minimum absolute atomic E-state index is 0.0904. The monoisotopic (exact) mass is 426 g/mol. The number of fused-ring (bicyclic) bond motifs is 2. The lowest BCUT2D eigenvalue weighted by molar-refractivity contribution is -0.173. The number of rotatable bonds is 3. The molecule has 2 aliphatic rings.